The number of rotatable bonds is 6. The zero-order valence-corrected chi connectivity index (χ0v) is 10.8. The van der Waals surface area contributed by atoms with Crippen molar-refractivity contribution in [1.29, 1.82) is 0 Å². The van der Waals surface area contributed by atoms with Crippen molar-refractivity contribution in [3.63, 3.8) is 0 Å². The SMILES string of the molecule is CCCC(CCC)Oc1ccc(N)cc1Cl. The number of benzene rings is 1. The van der Waals surface area contributed by atoms with Crippen molar-refractivity contribution in [3.05, 3.63) is 23.2 Å². The molecule has 3 heteroatoms. The molecule has 0 aromatic heterocycles. The van der Waals surface area contributed by atoms with E-state index in [1.807, 2.05) is 12.1 Å². The maximum atomic E-state index is 6.07. The maximum absolute atomic E-state index is 6.07. The molecule has 16 heavy (non-hydrogen) atoms. The van der Waals surface area contributed by atoms with Crippen LogP contribution >= 0.6 is 11.6 Å². The summed E-state index contributed by atoms with van der Waals surface area (Å²) in [5.41, 5.74) is 6.30. The Labute approximate surface area is 103 Å². The van der Waals surface area contributed by atoms with Gasteiger partial charge in [-0.25, -0.2) is 0 Å². The van der Waals surface area contributed by atoms with Gasteiger partial charge in [0.05, 0.1) is 11.1 Å². The van der Waals surface area contributed by atoms with Gasteiger partial charge in [0.15, 0.2) is 0 Å². The molecule has 1 aromatic rings. The van der Waals surface area contributed by atoms with Crippen molar-refractivity contribution < 1.29 is 4.74 Å². The van der Waals surface area contributed by atoms with Crippen LogP contribution in [-0.4, -0.2) is 6.10 Å². The van der Waals surface area contributed by atoms with Crippen LogP contribution < -0.4 is 10.5 Å². The molecule has 0 radical (unpaired) electrons. The summed E-state index contributed by atoms with van der Waals surface area (Å²) in [4.78, 5) is 0. The molecule has 0 spiro atoms. The predicted octanol–water partition coefficient (Wildman–Crippen LogP) is 4.27. The molecule has 0 bridgehead atoms. The topological polar surface area (TPSA) is 35.2 Å². The molecule has 0 aliphatic rings. The van der Waals surface area contributed by atoms with E-state index in [1.54, 1.807) is 6.07 Å². The molecule has 2 N–H and O–H groups in total. The smallest absolute Gasteiger partial charge is 0.138 e. The summed E-state index contributed by atoms with van der Waals surface area (Å²) in [7, 11) is 0. The second-order valence-corrected chi connectivity index (χ2v) is 4.41. The van der Waals surface area contributed by atoms with Crippen LogP contribution in [0.15, 0.2) is 18.2 Å². The molecule has 90 valence electrons. The quantitative estimate of drug-likeness (QED) is 0.755. The van der Waals surface area contributed by atoms with E-state index in [4.69, 9.17) is 22.1 Å². The van der Waals surface area contributed by atoms with Crippen LogP contribution in [0.3, 0.4) is 0 Å². The molecule has 0 saturated heterocycles. The van der Waals surface area contributed by atoms with Gasteiger partial charge in [-0.3, -0.25) is 0 Å². The van der Waals surface area contributed by atoms with Gasteiger partial charge in [0.2, 0.25) is 0 Å². The Morgan fingerprint density at radius 1 is 1.25 bits per heavy atom. The summed E-state index contributed by atoms with van der Waals surface area (Å²) in [6, 6.07) is 5.39. The second-order valence-electron chi connectivity index (χ2n) is 4.01. The van der Waals surface area contributed by atoms with Gasteiger partial charge in [-0.1, -0.05) is 38.3 Å². The molecular formula is C13H20ClNO. The Balaban J connectivity index is 2.68. The lowest BCUT2D eigenvalue weighted by Crippen LogP contribution is -2.16. The standard InChI is InChI=1S/C13H20ClNO/c1-3-5-11(6-4-2)16-13-8-7-10(15)9-12(13)14/h7-9,11H,3-6,15H2,1-2H3. The van der Waals surface area contributed by atoms with Crippen LogP contribution in [0.5, 0.6) is 5.75 Å². The average molecular weight is 242 g/mol. The minimum absolute atomic E-state index is 0.260. The summed E-state index contributed by atoms with van der Waals surface area (Å²) >= 11 is 6.07. The van der Waals surface area contributed by atoms with E-state index in [1.165, 1.54) is 0 Å². The first-order chi connectivity index (χ1) is 7.67. The van der Waals surface area contributed by atoms with Crippen LogP contribution in [0.1, 0.15) is 39.5 Å². The van der Waals surface area contributed by atoms with Gasteiger partial charge in [0, 0.05) is 5.69 Å². The highest BCUT2D eigenvalue weighted by atomic mass is 35.5. The van der Waals surface area contributed by atoms with Crippen LogP contribution in [0.2, 0.25) is 5.02 Å². The molecule has 1 rings (SSSR count). The third kappa shape index (κ3) is 3.93. The third-order valence-electron chi connectivity index (χ3n) is 2.47. The van der Waals surface area contributed by atoms with Crippen LogP contribution in [0.4, 0.5) is 5.69 Å². The van der Waals surface area contributed by atoms with Gasteiger partial charge in [0.1, 0.15) is 5.75 Å². The lowest BCUT2D eigenvalue weighted by atomic mass is 10.1. The minimum atomic E-state index is 0.260. The number of nitrogens with two attached hydrogens (primary N) is 1. The first kappa shape index (κ1) is 13.2. The van der Waals surface area contributed by atoms with Crippen molar-refractivity contribution in [3.8, 4) is 5.75 Å². The summed E-state index contributed by atoms with van der Waals surface area (Å²) in [6.45, 7) is 4.33. The molecule has 0 saturated carbocycles. The molecule has 0 unspecified atom stereocenters. The fourth-order valence-electron chi connectivity index (χ4n) is 1.70. The van der Waals surface area contributed by atoms with E-state index in [-0.39, 0.29) is 6.10 Å². The Morgan fingerprint density at radius 3 is 2.38 bits per heavy atom. The zero-order valence-electron chi connectivity index (χ0n) is 10.0. The summed E-state index contributed by atoms with van der Waals surface area (Å²) in [5, 5.41) is 0.595. The van der Waals surface area contributed by atoms with Crippen LogP contribution in [0.25, 0.3) is 0 Å². The number of anilines is 1. The van der Waals surface area contributed by atoms with Gasteiger partial charge in [-0.2, -0.15) is 0 Å². The van der Waals surface area contributed by atoms with Gasteiger partial charge in [0.25, 0.3) is 0 Å². The number of hydrogen-bond donors (Lipinski definition) is 1. The molecule has 0 amide bonds. The minimum Gasteiger partial charge on any atom is -0.489 e. The Bertz CT molecular complexity index is 322. The molecule has 2 nitrogen and oxygen atoms in total. The van der Waals surface area contributed by atoms with Gasteiger partial charge in [-0.15, -0.1) is 0 Å². The van der Waals surface area contributed by atoms with Crippen molar-refractivity contribution in [2.24, 2.45) is 0 Å². The predicted molar refractivity (Wildman–Crippen MR) is 70.1 cm³/mol. The number of ether oxygens (including phenoxy) is 1. The fraction of sp³-hybridized carbons (Fsp3) is 0.538. The summed E-state index contributed by atoms with van der Waals surface area (Å²) in [6.07, 6.45) is 4.63. The third-order valence-corrected chi connectivity index (χ3v) is 2.77. The van der Waals surface area contributed by atoms with Crippen LogP contribution in [-0.2, 0) is 0 Å². The lowest BCUT2D eigenvalue weighted by molar-refractivity contribution is 0.179. The lowest BCUT2D eigenvalue weighted by Gasteiger charge is -2.18. The van der Waals surface area contributed by atoms with E-state index >= 15 is 0 Å². The summed E-state index contributed by atoms with van der Waals surface area (Å²) in [5.74, 6) is 0.739. The molecule has 0 heterocycles. The van der Waals surface area contributed by atoms with E-state index in [2.05, 4.69) is 13.8 Å². The zero-order chi connectivity index (χ0) is 12.0. The highest BCUT2D eigenvalue weighted by Gasteiger charge is 2.10. The van der Waals surface area contributed by atoms with Crippen molar-refractivity contribution >= 4 is 17.3 Å². The van der Waals surface area contributed by atoms with Crippen molar-refractivity contribution in [2.75, 3.05) is 5.73 Å². The van der Waals surface area contributed by atoms with E-state index in [9.17, 15) is 0 Å². The molecule has 0 atom stereocenters. The highest BCUT2D eigenvalue weighted by molar-refractivity contribution is 6.32. The number of halogens is 1. The molecule has 0 fully saturated rings. The fourth-order valence-corrected chi connectivity index (χ4v) is 1.93. The van der Waals surface area contributed by atoms with E-state index in [0.29, 0.717) is 10.7 Å². The number of nitrogen functional groups attached to an aromatic ring is 1. The molecule has 1 aromatic carbocycles. The average Bonchev–Trinajstić information content (AvgIpc) is 2.23. The first-order valence-electron chi connectivity index (χ1n) is 5.89. The Morgan fingerprint density at radius 2 is 1.88 bits per heavy atom. The Kier molecular flexibility index (Phi) is 5.47. The van der Waals surface area contributed by atoms with Crippen molar-refractivity contribution in [2.45, 2.75) is 45.6 Å². The van der Waals surface area contributed by atoms with Crippen LogP contribution in [0, 0.1) is 0 Å². The van der Waals surface area contributed by atoms with Gasteiger partial charge in [-0.05, 0) is 31.0 Å². The van der Waals surface area contributed by atoms with E-state index in [0.717, 1.165) is 31.4 Å². The van der Waals surface area contributed by atoms with Gasteiger partial charge >= 0.3 is 0 Å². The Hall–Kier alpha value is -0.890. The highest BCUT2D eigenvalue weighted by Crippen LogP contribution is 2.28. The number of hydrogen-bond acceptors (Lipinski definition) is 2. The molecule has 0 aliphatic carbocycles. The second kappa shape index (κ2) is 6.64. The van der Waals surface area contributed by atoms with E-state index < -0.39 is 0 Å². The van der Waals surface area contributed by atoms with Crippen molar-refractivity contribution in [1.82, 2.24) is 0 Å². The van der Waals surface area contributed by atoms with Gasteiger partial charge < -0.3 is 10.5 Å². The maximum Gasteiger partial charge on any atom is 0.138 e. The normalized spacial score (nSPS) is 10.8. The first-order valence-corrected chi connectivity index (χ1v) is 6.26. The molecular weight excluding hydrogens is 222 g/mol. The monoisotopic (exact) mass is 241 g/mol. The largest absolute Gasteiger partial charge is 0.489 e. The molecule has 0 aliphatic heterocycles. The summed E-state index contributed by atoms with van der Waals surface area (Å²) < 4.78 is 5.89.